The van der Waals surface area contributed by atoms with E-state index in [0.717, 1.165) is 22.6 Å². The van der Waals surface area contributed by atoms with Gasteiger partial charge in [-0.15, -0.1) is 0 Å². The maximum absolute atomic E-state index is 11.8. The van der Waals surface area contributed by atoms with Crippen LogP contribution in [0.4, 0.5) is 10.5 Å². The van der Waals surface area contributed by atoms with Crippen molar-refractivity contribution < 1.29 is 9.53 Å². The SMILES string of the molecule is Cc1cccc(OCCNC(=O)Nc2ccc(C)c(C)c2)c1. The second kappa shape index (κ2) is 7.50. The van der Waals surface area contributed by atoms with Crippen molar-refractivity contribution in [2.45, 2.75) is 20.8 Å². The van der Waals surface area contributed by atoms with Crippen LogP contribution in [0.1, 0.15) is 16.7 Å². The zero-order chi connectivity index (χ0) is 15.9. The molecule has 0 spiro atoms. The molecule has 2 rings (SSSR count). The molecule has 4 nitrogen and oxygen atoms in total. The molecule has 116 valence electrons. The number of hydrogen-bond acceptors (Lipinski definition) is 2. The molecule has 0 aliphatic heterocycles. The predicted molar refractivity (Wildman–Crippen MR) is 89.6 cm³/mol. The molecule has 2 aromatic carbocycles. The first-order valence-corrected chi connectivity index (χ1v) is 7.36. The fraction of sp³-hybridized carbons (Fsp3) is 0.278. The minimum atomic E-state index is -0.226. The topological polar surface area (TPSA) is 50.4 Å². The number of urea groups is 1. The maximum Gasteiger partial charge on any atom is 0.319 e. The van der Waals surface area contributed by atoms with Crippen molar-refractivity contribution in [1.82, 2.24) is 5.32 Å². The van der Waals surface area contributed by atoms with E-state index in [2.05, 4.69) is 10.6 Å². The molecule has 2 N–H and O–H groups in total. The van der Waals surface area contributed by atoms with Gasteiger partial charge in [0.1, 0.15) is 12.4 Å². The van der Waals surface area contributed by atoms with Gasteiger partial charge in [-0.3, -0.25) is 0 Å². The monoisotopic (exact) mass is 298 g/mol. The summed E-state index contributed by atoms with van der Waals surface area (Å²) in [5, 5.41) is 5.59. The van der Waals surface area contributed by atoms with Gasteiger partial charge < -0.3 is 15.4 Å². The number of aryl methyl sites for hydroxylation is 3. The van der Waals surface area contributed by atoms with Gasteiger partial charge in [0.25, 0.3) is 0 Å². The van der Waals surface area contributed by atoms with Gasteiger partial charge >= 0.3 is 6.03 Å². The molecule has 0 bridgehead atoms. The second-order valence-electron chi connectivity index (χ2n) is 5.34. The highest BCUT2D eigenvalue weighted by Gasteiger charge is 2.02. The van der Waals surface area contributed by atoms with Gasteiger partial charge in [0, 0.05) is 5.69 Å². The Morgan fingerprint density at radius 3 is 2.59 bits per heavy atom. The summed E-state index contributed by atoms with van der Waals surface area (Å²) in [6.45, 7) is 6.96. The molecule has 2 aromatic rings. The van der Waals surface area contributed by atoms with Gasteiger partial charge in [-0.05, 0) is 61.7 Å². The van der Waals surface area contributed by atoms with E-state index in [1.165, 1.54) is 5.56 Å². The minimum absolute atomic E-state index is 0.226. The molecule has 22 heavy (non-hydrogen) atoms. The van der Waals surface area contributed by atoms with E-state index in [1.54, 1.807) is 0 Å². The Kier molecular flexibility index (Phi) is 5.42. The van der Waals surface area contributed by atoms with Crippen LogP contribution in [0.5, 0.6) is 5.75 Å². The van der Waals surface area contributed by atoms with Crippen molar-refractivity contribution in [3.05, 3.63) is 59.2 Å². The maximum atomic E-state index is 11.8. The highest BCUT2D eigenvalue weighted by Crippen LogP contribution is 2.14. The van der Waals surface area contributed by atoms with Crippen LogP contribution in [0.2, 0.25) is 0 Å². The van der Waals surface area contributed by atoms with Crippen LogP contribution in [0, 0.1) is 20.8 Å². The van der Waals surface area contributed by atoms with Crippen molar-refractivity contribution >= 4 is 11.7 Å². The molecule has 0 atom stereocenters. The first kappa shape index (κ1) is 15.9. The van der Waals surface area contributed by atoms with Crippen molar-refractivity contribution in [2.75, 3.05) is 18.5 Å². The van der Waals surface area contributed by atoms with Gasteiger partial charge in [0.05, 0.1) is 6.54 Å². The number of carbonyl (C=O) groups is 1. The highest BCUT2D eigenvalue weighted by atomic mass is 16.5. The van der Waals surface area contributed by atoms with Gasteiger partial charge in [0.2, 0.25) is 0 Å². The van der Waals surface area contributed by atoms with E-state index >= 15 is 0 Å². The normalized spacial score (nSPS) is 10.1. The molecule has 0 saturated heterocycles. The van der Waals surface area contributed by atoms with E-state index in [9.17, 15) is 4.79 Å². The summed E-state index contributed by atoms with van der Waals surface area (Å²) in [6.07, 6.45) is 0. The van der Waals surface area contributed by atoms with Crippen LogP contribution < -0.4 is 15.4 Å². The zero-order valence-electron chi connectivity index (χ0n) is 13.3. The fourth-order valence-corrected chi connectivity index (χ4v) is 2.03. The number of amides is 2. The number of ether oxygens (including phenoxy) is 1. The average molecular weight is 298 g/mol. The number of hydrogen-bond donors (Lipinski definition) is 2. The standard InChI is InChI=1S/C18H22N2O2/c1-13-5-4-6-17(11-13)22-10-9-19-18(21)20-16-8-7-14(2)15(3)12-16/h4-8,11-12H,9-10H2,1-3H3,(H2,19,20,21). The molecule has 0 unspecified atom stereocenters. The zero-order valence-corrected chi connectivity index (χ0v) is 13.3. The number of carbonyl (C=O) groups excluding carboxylic acids is 1. The van der Waals surface area contributed by atoms with E-state index in [1.807, 2.05) is 63.2 Å². The third-order valence-corrected chi connectivity index (χ3v) is 3.41. The predicted octanol–water partition coefficient (Wildman–Crippen LogP) is 3.81. The minimum Gasteiger partial charge on any atom is -0.492 e. The quantitative estimate of drug-likeness (QED) is 0.825. The lowest BCUT2D eigenvalue weighted by atomic mass is 10.1. The Morgan fingerprint density at radius 1 is 1.05 bits per heavy atom. The van der Waals surface area contributed by atoms with E-state index in [4.69, 9.17) is 4.74 Å². The van der Waals surface area contributed by atoms with Crippen LogP contribution in [-0.2, 0) is 0 Å². The molecule has 0 radical (unpaired) electrons. The summed E-state index contributed by atoms with van der Waals surface area (Å²) in [4.78, 5) is 11.8. The van der Waals surface area contributed by atoms with Crippen LogP contribution in [-0.4, -0.2) is 19.2 Å². The number of benzene rings is 2. The molecule has 0 aromatic heterocycles. The lowest BCUT2D eigenvalue weighted by Crippen LogP contribution is -2.32. The molecular formula is C18H22N2O2. The summed E-state index contributed by atoms with van der Waals surface area (Å²) < 4.78 is 5.58. The smallest absolute Gasteiger partial charge is 0.319 e. The average Bonchev–Trinajstić information content (AvgIpc) is 2.48. The molecule has 0 heterocycles. The van der Waals surface area contributed by atoms with E-state index in [-0.39, 0.29) is 6.03 Å². The third-order valence-electron chi connectivity index (χ3n) is 3.41. The first-order valence-electron chi connectivity index (χ1n) is 7.36. The van der Waals surface area contributed by atoms with Gasteiger partial charge in [0.15, 0.2) is 0 Å². The van der Waals surface area contributed by atoms with Crippen molar-refractivity contribution in [2.24, 2.45) is 0 Å². The Balaban J connectivity index is 1.72. The van der Waals surface area contributed by atoms with E-state index in [0.29, 0.717) is 13.2 Å². The summed E-state index contributed by atoms with van der Waals surface area (Å²) in [7, 11) is 0. The molecule has 0 fully saturated rings. The van der Waals surface area contributed by atoms with Crippen LogP contribution in [0.25, 0.3) is 0 Å². The fourth-order valence-electron chi connectivity index (χ4n) is 2.03. The third kappa shape index (κ3) is 4.81. The van der Waals surface area contributed by atoms with E-state index < -0.39 is 0 Å². The largest absolute Gasteiger partial charge is 0.492 e. The molecule has 0 aliphatic carbocycles. The Labute approximate surface area is 131 Å². The van der Waals surface area contributed by atoms with Gasteiger partial charge in [-0.25, -0.2) is 4.79 Å². The summed E-state index contributed by atoms with van der Waals surface area (Å²) >= 11 is 0. The molecular weight excluding hydrogens is 276 g/mol. The van der Waals surface area contributed by atoms with Crippen molar-refractivity contribution in [3.63, 3.8) is 0 Å². The van der Waals surface area contributed by atoms with Crippen molar-refractivity contribution in [1.29, 1.82) is 0 Å². The summed E-state index contributed by atoms with van der Waals surface area (Å²) in [5.74, 6) is 0.816. The van der Waals surface area contributed by atoms with Gasteiger partial charge in [-0.2, -0.15) is 0 Å². The number of rotatable bonds is 5. The van der Waals surface area contributed by atoms with Crippen molar-refractivity contribution in [3.8, 4) is 5.75 Å². The first-order chi connectivity index (χ1) is 10.5. The van der Waals surface area contributed by atoms with Crippen LogP contribution in [0.15, 0.2) is 42.5 Å². The van der Waals surface area contributed by atoms with Crippen LogP contribution >= 0.6 is 0 Å². The lowest BCUT2D eigenvalue weighted by Gasteiger charge is -2.10. The summed E-state index contributed by atoms with van der Waals surface area (Å²) in [5.41, 5.74) is 4.30. The Hall–Kier alpha value is -2.49. The molecule has 2 amide bonds. The Morgan fingerprint density at radius 2 is 1.86 bits per heavy atom. The molecule has 4 heteroatoms. The van der Waals surface area contributed by atoms with Gasteiger partial charge in [-0.1, -0.05) is 18.2 Å². The van der Waals surface area contributed by atoms with Crippen LogP contribution in [0.3, 0.4) is 0 Å². The number of nitrogens with one attached hydrogen (secondary N) is 2. The summed E-state index contributed by atoms with van der Waals surface area (Å²) in [6, 6.07) is 13.5. The second-order valence-corrected chi connectivity index (χ2v) is 5.34. The Bertz CT molecular complexity index is 653. The highest BCUT2D eigenvalue weighted by molar-refractivity contribution is 5.89. The number of anilines is 1. The lowest BCUT2D eigenvalue weighted by molar-refractivity contribution is 0.247. The molecule has 0 aliphatic rings. The molecule has 0 saturated carbocycles.